The van der Waals surface area contributed by atoms with Crippen LogP contribution in [0.1, 0.15) is 31.7 Å². The van der Waals surface area contributed by atoms with Crippen LogP contribution in [0.3, 0.4) is 0 Å². The molecule has 0 aliphatic rings. The van der Waals surface area contributed by atoms with Crippen molar-refractivity contribution in [1.82, 2.24) is 0 Å². The van der Waals surface area contributed by atoms with Crippen molar-refractivity contribution in [2.24, 2.45) is 0 Å². The first-order valence-electron chi connectivity index (χ1n) is 7.70. The van der Waals surface area contributed by atoms with Crippen LogP contribution < -0.4 is 21.2 Å². The first kappa shape index (κ1) is 20.7. The van der Waals surface area contributed by atoms with E-state index in [0.717, 1.165) is 0 Å². The molecule has 24 heavy (non-hydrogen) atoms. The number of hydrogen-bond donors (Lipinski definition) is 0. The van der Waals surface area contributed by atoms with Crippen LogP contribution in [0.4, 0.5) is 17.3 Å². The third kappa shape index (κ3) is 10.5. The monoisotopic (exact) mass is 450 g/mol. The van der Waals surface area contributed by atoms with Gasteiger partial charge in [0.25, 0.3) is 0 Å². The van der Waals surface area contributed by atoms with Gasteiger partial charge in [0.15, 0.2) is 7.65 Å². The van der Waals surface area contributed by atoms with E-state index in [2.05, 4.69) is 71.7 Å². The lowest BCUT2D eigenvalue weighted by Gasteiger charge is -2.03. The highest BCUT2D eigenvalue weighted by Crippen LogP contribution is 2.18. The van der Waals surface area contributed by atoms with Gasteiger partial charge >= 0.3 is 28.5 Å². The minimum atomic E-state index is -6.00. The van der Waals surface area contributed by atoms with Crippen molar-refractivity contribution in [2.75, 3.05) is 0 Å². The minimum absolute atomic E-state index is 0.0191. The van der Waals surface area contributed by atoms with E-state index in [1.807, 2.05) is 0 Å². The van der Waals surface area contributed by atoms with E-state index in [1.54, 1.807) is 0 Å². The lowest BCUT2D eigenvalue weighted by molar-refractivity contribution is -0.556. The maximum Gasteiger partial charge on any atom is 0.673 e. The molecule has 0 saturated carbocycles. The summed E-state index contributed by atoms with van der Waals surface area (Å²) in [4.78, 5) is 0. The minimum Gasteiger partial charge on any atom is -0.418 e. The first-order chi connectivity index (χ1) is 11.4. The van der Waals surface area contributed by atoms with Crippen LogP contribution in [0, 0.1) is 3.57 Å². The third-order valence-corrected chi connectivity index (χ3v) is 5.49. The smallest absolute Gasteiger partial charge is 0.418 e. The summed E-state index contributed by atoms with van der Waals surface area (Å²) in [7, 11) is -6.00. The van der Waals surface area contributed by atoms with Crippen LogP contribution in [-0.2, 0) is 0 Å². The molecule has 2 rings (SSSR count). The molecule has 0 nitrogen and oxygen atoms in total. The molecule has 130 valence electrons. The molecule has 0 fully saturated rings. The van der Waals surface area contributed by atoms with Crippen LogP contribution in [0.5, 0.6) is 0 Å². The van der Waals surface area contributed by atoms with Crippen molar-refractivity contribution in [1.29, 1.82) is 0 Å². The Morgan fingerprint density at radius 3 is 1.92 bits per heavy atom. The van der Waals surface area contributed by atoms with E-state index >= 15 is 0 Å². The van der Waals surface area contributed by atoms with Gasteiger partial charge in [-0.15, -0.1) is 0 Å². The van der Waals surface area contributed by atoms with Crippen LogP contribution in [0.15, 0.2) is 64.7 Å². The summed E-state index contributed by atoms with van der Waals surface area (Å²) in [6.07, 6.45) is 3.74. The van der Waals surface area contributed by atoms with Gasteiger partial charge in [0.2, 0.25) is 0 Å². The Hall–Kier alpha value is -1.31. The summed E-state index contributed by atoms with van der Waals surface area (Å²) >= 11 is -0.0191. The molecule has 0 atom stereocenters. The molecule has 0 N–H and O–H groups in total. The number of hydrogen-bond acceptors (Lipinski definition) is 0. The Bertz CT molecular complexity index is 591. The molecule has 0 heterocycles. The Morgan fingerprint density at radius 1 is 0.917 bits per heavy atom. The van der Waals surface area contributed by atoms with Crippen molar-refractivity contribution < 1.29 is 38.5 Å². The molecule has 0 radical (unpaired) electrons. The van der Waals surface area contributed by atoms with Gasteiger partial charge in [-0.2, -0.15) is 0 Å². The molecule has 0 saturated heterocycles. The van der Waals surface area contributed by atoms with Crippen molar-refractivity contribution >= 4 is 12.8 Å². The number of rotatable bonds is 6. The van der Waals surface area contributed by atoms with E-state index < -0.39 is 7.25 Å². The van der Waals surface area contributed by atoms with E-state index in [4.69, 9.17) is 0 Å². The van der Waals surface area contributed by atoms with Gasteiger partial charge in [-0.3, -0.25) is 0 Å². The van der Waals surface area contributed by atoms with Crippen LogP contribution in [-0.4, -0.2) is 7.25 Å². The summed E-state index contributed by atoms with van der Waals surface area (Å²) in [5.41, 5.74) is 2.92. The summed E-state index contributed by atoms with van der Waals surface area (Å²) in [5.74, 6) is 0. The highest BCUT2D eigenvalue weighted by molar-refractivity contribution is 6.50. The third-order valence-electron chi connectivity index (χ3n) is 2.99. The predicted molar refractivity (Wildman–Crippen MR) is 89.3 cm³/mol. The molecule has 0 bridgehead atoms. The van der Waals surface area contributed by atoms with Crippen LogP contribution >= 0.6 is 0 Å². The standard InChI is InChI=1S/C18H20I.BF4/c1-2-3-10-17(16-11-6-4-7-12-16)15-19-18-13-8-5-9-14-18;2-1(3,4)5/h4-9,11-15H,2-3,10H2,1H3;/q+1;-1/b17-15-;. The van der Waals surface area contributed by atoms with Gasteiger partial charge in [-0.1, -0.05) is 61.9 Å². The lowest BCUT2D eigenvalue weighted by Crippen LogP contribution is -3.59. The zero-order chi connectivity index (χ0) is 17.8. The van der Waals surface area contributed by atoms with E-state index in [-0.39, 0.29) is 21.2 Å². The Morgan fingerprint density at radius 2 is 1.42 bits per heavy atom. The average molecular weight is 450 g/mol. The highest BCUT2D eigenvalue weighted by Gasteiger charge is 2.20. The molecule has 6 heteroatoms. The van der Waals surface area contributed by atoms with Gasteiger partial charge in [-0.25, -0.2) is 0 Å². The van der Waals surface area contributed by atoms with Crippen molar-refractivity contribution in [2.45, 2.75) is 26.2 Å². The topological polar surface area (TPSA) is 0 Å². The molecular formula is C18H20BF4I. The molecule has 0 aromatic heterocycles. The highest BCUT2D eigenvalue weighted by atomic mass is 127. The summed E-state index contributed by atoms with van der Waals surface area (Å²) in [5, 5.41) is 0. The van der Waals surface area contributed by atoms with E-state index in [1.165, 1.54) is 34.0 Å². The van der Waals surface area contributed by atoms with Crippen molar-refractivity contribution in [3.05, 3.63) is 73.9 Å². The molecule has 0 unspecified atom stereocenters. The molecule has 2 aromatic rings. The van der Waals surface area contributed by atoms with Gasteiger partial charge < -0.3 is 17.3 Å². The van der Waals surface area contributed by atoms with Crippen molar-refractivity contribution in [3.8, 4) is 0 Å². The number of halogens is 5. The lowest BCUT2D eigenvalue weighted by atomic mass is 10.0. The Kier molecular flexibility index (Phi) is 9.75. The second-order valence-electron chi connectivity index (χ2n) is 5.00. The number of unbranched alkanes of at least 4 members (excludes halogenated alkanes) is 1. The Balaban J connectivity index is 0.000000505. The largest absolute Gasteiger partial charge is 0.673 e. The zero-order valence-corrected chi connectivity index (χ0v) is 15.6. The molecule has 2 aromatic carbocycles. The van der Waals surface area contributed by atoms with Gasteiger partial charge in [0.05, 0.1) is 0 Å². The fourth-order valence-electron chi connectivity index (χ4n) is 1.90. The van der Waals surface area contributed by atoms with Crippen LogP contribution in [0.25, 0.3) is 5.57 Å². The fraction of sp³-hybridized carbons (Fsp3) is 0.222. The SMILES string of the molecule is CCCC/C(=C/[I+]c1ccccc1)c1ccccc1.F[B-](F)(F)F. The average Bonchev–Trinajstić information content (AvgIpc) is 2.55. The van der Waals surface area contributed by atoms with Gasteiger partial charge in [0, 0.05) is 5.57 Å². The fourth-order valence-corrected chi connectivity index (χ4v) is 4.13. The van der Waals surface area contributed by atoms with E-state index in [0.29, 0.717) is 0 Å². The second-order valence-corrected chi connectivity index (χ2v) is 7.49. The number of allylic oxidation sites excluding steroid dienone is 1. The summed E-state index contributed by atoms with van der Waals surface area (Å²) in [6, 6.07) is 21.7. The van der Waals surface area contributed by atoms with Crippen molar-refractivity contribution in [3.63, 3.8) is 0 Å². The molecular weight excluding hydrogens is 430 g/mol. The normalized spacial score (nSPS) is 11.6. The van der Waals surface area contributed by atoms with Gasteiger partial charge in [-0.05, 0) is 30.5 Å². The van der Waals surface area contributed by atoms with Gasteiger partial charge in [0.1, 0.15) is 0 Å². The maximum atomic E-state index is 9.75. The molecule has 0 spiro atoms. The zero-order valence-electron chi connectivity index (χ0n) is 13.4. The molecule has 0 aliphatic heterocycles. The van der Waals surface area contributed by atoms with E-state index in [9.17, 15) is 17.3 Å². The maximum absolute atomic E-state index is 9.75. The quantitative estimate of drug-likeness (QED) is 0.360. The Labute approximate surface area is 151 Å². The molecule has 0 amide bonds. The summed E-state index contributed by atoms with van der Waals surface area (Å²) < 4.78 is 43.0. The summed E-state index contributed by atoms with van der Waals surface area (Å²) in [6.45, 7) is 2.26. The first-order valence-corrected chi connectivity index (χ1v) is 10.0. The number of benzene rings is 2. The predicted octanol–water partition coefficient (Wildman–Crippen LogP) is 3.48. The van der Waals surface area contributed by atoms with Crippen LogP contribution in [0.2, 0.25) is 0 Å². The molecule has 0 aliphatic carbocycles. The second kappa shape index (κ2) is 11.3.